The fourth-order valence-electron chi connectivity index (χ4n) is 2.08. The highest BCUT2D eigenvalue weighted by atomic mass is 32.2. The summed E-state index contributed by atoms with van der Waals surface area (Å²) in [6.07, 6.45) is 1.06. The van der Waals surface area contributed by atoms with E-state index >= 15 is 0 Å². The lowest BCUT2D eigenvalue weighted by Gasteiger charge is -2.24. The molecule has 0 atom stereocenters. The number of nitrogens with zero attached hydrogens (tertiary/aromatic N) is 2. The van der Waals surface area contributed by atoms with Crippen molar-refractivity contribution in [3.05, 3.63) is 17.8 Å². The average Bonchev–Trinajstić information content (AvgIpc) is 2.51. The molecule has 0 spiro atoms. The number of nitrogens with two attached hydrogens (primary N) is 2. The summed E-state index contributed by atoms with van der Waals surface area (Å²) < 4.78 is 0.269. The smallest absolute Gasteiger partial charge is 0.267 e. The fourth-order valence-corrected chi connectivity index (χ4v) is 3.18. The molecule has 0 bridgehead atoms. The Morgan fingerprint density at radius 2 is 2.16 bits per heavy atom. The SMILES string of the molecule is CC1(C)CCN(c2nc(C(N)=O)ccc2N)CCS1. The van der Waals surface area contributed by atoms with E-state index in [9.17, 15) is 4.79 Å². The normalized spacial score (nSPS) is 18.9. The van der Waals surface area contributed by atoms with Gasteiger partial charge in [-0.2, -0.15) is 11.8 Å². The lowest BCUT2D eigenvalue weighted by atomic mass is 10.1. The minimum atomic E-state index is -0.522. The summed E-state index contributed by atoms with van der Waals surface area (Å²) in [6.45, 7) is 6.27. The van der Waals surface area contributed by atoms with Crippen LogP contribution in [0.4, 0.5) is 11.5 Å². The second-order valence-electron chi connectivity index (χ2n) is 5.32. The van der Waals surface area contributed by atoms with Gasteiger partial charge in [-0.25, -0.2) is 4.98 Å². The van der Waals surface area contributed by atoms with Crippen LogP contribution in [0.15, 0.2) is 12.1 Å². The van der Waals surface area contributed by atoms with Crippen LogP contribution >= 0.6 is 11.8 Å². The molecule has 1 amide bonds. The predicted octanol–water partition coefficient (Wildman–Crippen LogP) is 1.48. The number of hydrogen-bond acceptors (Lipinski definition) is 5. The van der Waals surface area contributed by atoms with Crippen molar-refractivity contribution in [2.75, 3.05) is 29.5 Å². The van der Waals surface area contributed by atoms with Crippen LogP contribution in [-0.2, 0) is 0 Å². The van der Waals surface area contributed by atoms with E-state index in [0.717, 1.165) is 25.3 Å². The number of carbonyl (C=O) groups is 1. The van der Waals surface area contributed by atoms with Gasteiger partial charge in [0.2, 0.25) is 0 Å². The molecule has 104 valence electrons. The first-order valence-electron chi connectivity index (χ1n) is 6.34. The van der Waals surface area contributed by atoms with E-state index in [1.807, 2.05) is 11.8 Å². The lowest BCUT2D eigenvalue weighted by Crippen LogP contribution is -2.29. The molecule has 0 saturated carbocycles. The van der Waals surface area contributed by atoms with Crippen molar-refractivity contribution in [1.82, 2.24) is 4.98 Å². The van der Waals surface area contributed by atoms with Gasteiger partial charge in [0, 0.05) is 23.6 Å². The van der Waals surface area contributed by atoms with Gasteiger partial charge in [0.1, 0.15) is 5.69 Å². The molecule has 0 aliphatic carbocycles. The number of anilines is 2. The van der Waals surface area contributed by atoms with Gasteiger partial charge < -0.3 is 16.4 Å². The minimum Gasteiger partial charge on any atom is -0.396 e. The lowest BCUT2D eigenvalue weighted by molar-refractivity contribution is 0.0995. The Morgan fingerprint density at radius 1 is 1.42 bits per heavy atom. The van der Waals surface area contributed by atoms with Crippen molar-refractivity contribution in [1.29, 1.82) is 0 Å². The Bertz CT molecular complexity index is 490. The fraction of sp³-hybridized carbons (Fsp3) is 0.538. The van der Waals surface area contributed by atoms with Crippen molar-refractivity contribution < 1.29 is 4.79 Å². The summed E-state index contributed by atoms with van der Waals surface area (Å²) in [7, 11) is 0. The molecule has 2 rings (SSSR count). The van der Waals surface area contributed by atoms with E-state index in [0.29, 0.717) is 11.5 Å². The van der Waals surface area contributed by atoms with Crippen LogP contribution in [0.2, 0.25) is 0 Å². The Kier molecular flexibility index (Phi) is 3.89. The van der Waals surface area contributed by atoms with Crippen molar-refractivity contribution in [2.45, 2.75) is 25.0 Å². The number of thioether (sulfide) groups is 1. The van der Waals surface area contributed by atoms with E-state index in [1.165, 1.54) is 0 Å². The molecule has 2 heterocycles. The first kappa shape index (κ1) is 14.0. The van der Waals surface area contributed by atoms with Gasteiger partial charge in [0.05, 0.1) is 5.69 Å². The molecule has 6 heteroatoms. The Morgan fingerprint density at radius 3 is 2.84 bits per heavy atom. The minimum absolute atomic E-state index is 0.264. The van der Waals surface area contributed by atoms with Crippen LogP contribution in [0.25, 0.3) is 0 Å². The van der Waals surface area contributed by atoms with E-state index in [4.69, 9.17) is 11.5 Å². The maximum Gasteiger partial charge on any atom is 0.267 e. The molecular weight excluding hydrogens is 260 g/mol. The standard InChI is InChI=1S/C13H20N4OS/c1-13(2)5-6-17(7-8-19-13)12-9(14)3-4-10(16-12)11(15)18/h3-4H,5-8,14H2,1-2H3,(H2,15,18). The summed E-state index contributed by atoms with van der Waals surface area (Å²) in [4.78, 5) is 17.7. The van der Waals surface area contributed by atoms with Gasteiger partial charge >= 0.3 is 0 Å². The molecule has 0 radical (unpaired) electrons. The first-order valence-corrected chi connectivity index (χ1v) is 7.33. The third kappa shape index (κ3) is 3.32. The molecular formula is C13H20N4OS. The van der Waals surface area contributed by atoms with Crippen molar-refractivity contribution in [2.24, 2.45) is 5.73 Å². The van der Waals surface area contributed by atoms with Gasteiger partial charge in [-0.1, -0.05) is 13.8 Å². The molecule has 1 saturated heterocycles. The molecule has 1 aliphatic heterocycles. The highest BCUT2D eigenvalue weighted by Crippen LogP contribution is 2.33. The zero-order valence-corrected chi connectivity index (χ0v) is 12.2. The number of aromatic nitrogens is 1. The third-order valence-electron chi connectivity index (χ3n) is 3.30. The van der Waals surface area contributed by atoms with Crippen molar-refractivity contribution >= 4 is 29.2 Å². The molecule has 5 nitrogen and oxygen atoms in total. The van der Waals surface area contributed by atoms with Gasteiger partial charge in [0.15, 0.2) is 5.82 Å². The highest BCUT2D eigenvalue weighted by Gasteiger charge is 2.25. The predicted molar refractivity (Wildman–Crippen MR) is 80.5 cm³/mol. The second kappa shape index (κ2) is 5.28. The summed E-state index contributed by atoms with van der Waals surface area (Å²) in [6, 6.07) is 3.27. The molecule has 1 aromatic heterocycles. The summed E-state index contributed by atoms with van der Waals surface area (Å²) in [5.74, 6) is 1.18. The van der Waals surface area contributed by atoms with E-state index in [2.05, 4.69) is 23.7 Å². The largest absolute Gasteiger partial charge is 0.396 e. The number of primary amides is 1. The highest BCUT2D eigenvalue weighted by molar-refractivity contribution is 8.00. The zero-order valence-electron chi connectivity index (χ0n) is 11.3. The monoisotopic (exact) mass is 280 g/mol. The van der Waals surface area contributed by atoms with E-state index in [1.54, 1.807) is 12.1 Å². The van der Waals surface area contributed by atoms with Gasteiger partial charge in [-0.3, -0.25) is 4.79 Å². The van der Waals surface area contributed by atoms with Crippen LogP contribution in [-0.4, -0.2) is 34.5 Å². The number of nitrogen functional groups attached to an aromatic ring is 1. The van der Waals surface area contributed by atoms with Gasteiger partial charge in [0.25, 0.3) is 5.91 Å². The number of pyridine rings is 1. The number of rotatable bonds is 2. The third-order valence-corrected chi connectivity index (χ3v) is 4.67. The van der Waals surface area contributed by atoms with Gasteiger partial charge in [-0.05, 0) is 18.6 Å². The summed E-state index contributed by atoms with van der Waals surface area (Å²) in [5.41, 5.74) is 12.1. The molecule has 1 aromatic rings. The Hall–Kier alpha value is -1.43. The van der Waals surface area contributed by atoms with Crippen LogP contribution in [0, 0.1) is 0 Å². The Labute approximate surface area is 117 Å². The van der Waals surface area contributed by atoms with Crippen LogP contribution in [0.3, 0.4) is 0 Å². The number of hydrogen-bond donors (Lipinski definition) is 2. The number of amides is 1. The molecule has 0 unspecified atom stereocenters. The Balaban J connectivity index is 2.25. The maximum absolute atomic E-state index is 11.2. The average molecular weight is 280 g/mol. The molecule has 19 heavy (non-hydrogen) atoms. The van der Waals surface area contributed by atoms with Crippen molar-refractivity contribution in [3.63, 3.8) is 0 Å². The second-order valence-corrected chi connectivity index (χ2v) is 7.12. The quantitative estimate of drug-likeness (QED) is 0.857. The van der Waals surface area contributed by atoms with E-state index < -0.39 is 5.91 Å². The number of carbonyl (C=O) groups excluding carboxylic acids is 1. The molecule has 4 N–H and O–H groups in total. The first-order chi connectivity index (χ1) is 8.89. The molecule has 1 fully saturated rings. The van der Waals surface area contributed by atoms with Crippen LogP contribution in [0.5, 0.6) is 0 Å². The molecule has 0 aromatic carbocycles. The molecule has 1 aliphatic rings. The van der Waals surface area contributed by atoms with Crippen LogP contribution in [0.1, 0.15) is 30.8 Å². The zero-order chi connectivity index (χ0) is 14.0. The summed E-state index contributed by atoms with van der Waals surface area (Å²) in [5, 5.41) is 0. The summed E-state index contributed by atoms with van der Waals surface area (Å²) >= 11 is 1.95. The van der Waals surface area contributed by atoms with E-state index in [-0.39, 0.29) is 10.4 Å². The maximum atomic E-state index is 11.2. The van der Waals surface area contributed by atoms with Crippen molar-refractivity contribution in [3.8, 4) is 0 Å². The van der Waals surface area contributed by atoms with Gasteiger partial charge in [-0.15, -0.1) is 0 Å². The van der Waals surface area contributed by atoms with Crippen LogP contribution < -0.4 is 16.4 Å². The topological polar surface area (TPSA) is 85.2 Å².